The fourth-order valence-electron chi connectivity index (χ4n) is 2.22. The van der Waals surface area contributed by atoms with Crippen molar-refractivity contribution in [3.05, 3.63) is 48.5 Å². The van der Waals surface area contributed by atoms with E-state index >= 15 is 0 Å². The van der Waals surface area contributed by atoms with E-state index in [-0.39, 0.29) is 5.38 Å². The van der Waals surface area contributed by atoms with Crippen LogP contribution in [-0.2, 0) is 0 Å². The molecular formula is C15H14ClN3O. The first-order chi connectivity index (χ1) is 9.70. The van der Waals surface area contributed by atoms with Crippen molar-refractivity contribution >= 4 is 22.6 Å². The van der Waals surface area contributed by atoms with E-state index in [1.807, 2.05) is 41.8 Å². The Morgan fingerprint density at radius 1 is 1.20 bits per heavy atom. The van der Waals surface area contributed by atoms with Crippen molar-refractivity contribution in [3.63, 3.8) is 0 Å². The van der Waals surface area contributed by atoms with Gasteiger partial charge in [-0.2, -0.15) is 0 Å². The molecule has 0 bridgehead atoms. The lowest BCUT2D eigenvalue weighted by Crippen LogP contribution is -2.01. The Balaban J connectivity index is 2.24. The van der Waals surface area contributed by atoms with Gasteiger partial charge in [-0.25, -0.2) is 4.98 Å². The van der Waals surface area contributed by atoms with Crippen LogP contribution in [0.2, 0.25) is 0 Å². The topological polar surface area (TPSA) is 39.9 Å². The molecule has 2 heterocycles. The fourth-order valence-corrected chi connectivity index (χ4v) is 2.37. The maximum Gasteiger partial charge on any atom is 0.132 e. The molecule has 1 atom stereocenters. The molecule has 0 amide bonds. The average Bonchev–Trinajstić information content (AvgIpc) is 2.87. The van der Waals surface area contributed by atoms with Gasteiger partial charge in [0.2, 0.25) is 0 Å². The number of hydrogen-bond acceptors (Lipinski definition) is 3. The number of imidazole rings is 1. The number of benzene rings is 1. The van der Waals surface area contributed by atoms with Gasteiger partial charge < -0.3 is 4.74 Å². The van der Waals surface area contributed by atoms with Gasteiger partial charge in [0.25, 0.3) is 0 Å². The first-order valence-electron chi connectivity index (χ1n) is 6.31. The number of alkyl halides is 1. The molecule has 2 aromatic heterocycles. The molecule has 0 saturated heterocycles. The van der Waals surface area contributed by atoms with Gasteiger partial charge in [-0.3, -0.25) is 9.55 Å². The van der Waals surface area contributed by atoms with E-state index in [9.17, 15) is 0 Å². The van der Waals surface area contributed by atoms with E-state index in [0.717, 1.165) is 28.3 Å². The van der Waals surface area contributed by atoms with Crippen molar-refractivity contribution in [2.45, 2.75) is 12.3 Å². The Morgan fingerprint density at radius 3 is 2.60 bits per heavy atom. The van der Waals surface area contributed by atoms with E-state index < -0.39 is 0 Å². The summed E-state index contributed by atoms with van der Waals surface area (Å²) in [5, 5.41) is -0.190. The molecule has 5 heteroatoms. The molecule has 0 aliphatic heterocycles. The normalized spacial score (nSPS) is 12.6. The molecular weight excluding hydrogens is 274 g/mol. The summed E-state index contributed by atoms with van der Waals surface area (Å²) in [6.45, 7) is 1.91. The van der Waals surface area contributed by atoms with Crippen LogP contribution in [0.25, 0.3) is 16.7 Å². The summed E-state index contributed by atoms with van der Waals surface area (Å²) < 4.78 is 7.24. The molecule has 0 aliphatic rings. The molecule has 4 nitrogen and oxygen atoms in total. The monoisotopic (exact) mass is 287 g/mol. The summed E-state index contributed by atoms with van der Waals surface area (Å²) in [5.41, 5.74) is 2.83. The summed E-state index contributed by atoms with van der Waals surface area (Å²) in [5.74, 6) is 1.63. The number of halogens is 1. The van der Waals surface area contributed by atoms with Crippen molar-refractivity contribution in [2.24, 2.45) is 0 Å². The third-order valence-corrected chi connectivity index (χ3v) is 3.36. The minimum absolute atomic E-state index is 0.190. The van der Waals surface area contributed by atoms with Crippen molar-refractivity contribution in [1.82, 2.24) is 14.5 Å². The molecule has 0 spiro atoms. The summed E-state index contributed by atoms with van der Waals surface area (Å²) >= 11 is 6.26. The molecule has 102 valence electrons. The SMILES string of the molecule is COc1ccc(-n2c(C(C)Cl)nc3cnccc32)cc1. The minimum atomic E-state index is -0.190. The zero-order valence-corrected chi connectivity index (χ0v) is 12.0. The molecule has 3 rings (SSSR count). The van der Waals surface area contributed by atoms with E-state index in [4.69, 9.17) is 16.3 Å². The molecule has 0 fully saturated rings. The number of aromatic nitrogens is 3. The van der Waals surface area contributed by atoms with Crippen LogP contribution < -0.4 is 4.74 Å². The molecule has 3 aromatic rings. The standard InChI is InChI=1S/C15H14ClN3O/c1-10(16)15-18-13-9-17-8-7-14(13)19(15)11-3-5-12(20-2)6-4-11/h3-10H,1-2H3. The van der Waals surface area contributed by atoms with E-state index in [0.29, 0.717) is 0 Å². The number of nitrogens with zero attached hydrogens (tertiary/aromatic N) is 3. The second-order valence-corrected chi connectivity index (χ2v) is 5.14. The summed E-state index contributed by atoms with van der Waals surface area (Å²) in [4.78, 5) is 8.68. The Bertz CT molecular complexity index is 734. The maximum absolute atomic E-state index is 6.26. The van der Waals surface area contributed by atoms with Crippen LogP contribution in [-0.4, -0.2) is 21.6 Å². The van der Waals surface area contributed by atoms with Gasteiger partial charge in [0.1, 0.15) is 17.1 Å². The van der Waals surface area contributed by atoms with E-state index in [2.05, 4.69) is 9.97 Å². The Labute approximate surface area is 122 Å². The predicted molar refractivity (Wildman–Crippen MR) is 79.7 cm³/mol. The molecule has 0 N–H and O–H groups in total. The van der Waals surface area contributed by atoms with Crippen LogP contribution in [0.4, 0.5) is 0 Å². The molecule has 0 saturated carbocycles. The minimum Gasteiger partial charge on any atom is -0.497 e. The number of pyridine rings is 1. The number of rotatable bonds is 3. The molecule has 1 aromatic carbocycles. The van der Waals surface area contributed by atoms with E-state index in [1.54, 1.807) is 19.5 Å². The van der Waals surface area contributed by atoms with Crippen molar-refractivity contribution in [3.8, 4) is 11.4 Å². The second-order valence-electron chi connectivity index (χ2n) is 4.48. The first-order valence-corrected chi connectivity index (χ1v) is 6.75. The maximum atomic E-state index is 6.26. The van der Waals surface area contributed by atoms with Crippen LogP contribution in [0.5, 0.6) is 5.75 Å². The van der Waals surface area contributed by atoms with Gasteiger partial charge >= 0.3 is 0 Å². The number of hydrogen-bond donors (Lipinski definition) is 0. The second kappa shape index (κ2) is 5.13. The van der Waals surface area contributed by atoms with Crippen molar-refractivity contribution < 1.29 is 4.74 Å². The van der Waals surface area contributed by atoms with E-state index in [1.165, 1.54) is 0 Å². The van der Waals surface area contributed by atoms with Gasteiger partial charge in [0.15, 0.2) is 0 Å². The van der Waals surface area contributed by atoms with Crippen LogP contribution in [0, 0.1) is 0 Å². The van der Waals surface area contributed by atoms with Gasteiger partial charge in [-0.05, 0) is 37.3 Å². The third kappa shape index (κ3) is 2.12. The Morgan fingerprint density at radius 2 is 1.95 bits per heavy atom. The predicted octanol–water partition coefficient (Wildman–Crippen LogP) is 3.73. The lowest BCUT2D eigenvalue weighted by Gasteiger charge is -2.11. The summed E-state index contributed by atoms with van der Waals surface area (Å²) in [7, 11) is 1.65. The Hall–Kier alpha value is -2.07. The van der Waals surface area contributed by atoms with Gasteiger partial charge in [0, 0.05) is 11.9 Å². The largest absolute Gasteiger partial charge is 0.497 e. The number of methoxy groups -OCH3 is 1. The van der Waals surface area contributed by atoms with Gasteiger partial charge in [0.05, 0.1) is 24.2 Å². The van der Waals surface area contributed by atoms with Crippen LogP contribution in [0.15, 0.2) is 42.7 Å². The quantitative estimate of drug-likeness (QED) is 0.689. The van der Waals surface area contributed by atoms with Crippen LogP contribution in [0.3, 0.4) is 0 Å². The lowest BCUT2D eigenvalue weighted by molar-refractivity contribution is 0.414. The molecule has 0 aliphatic carbocycles. The molecule has 0 radical (unpaired) electrons. The highest BCUT2D eigenvalue weighted by Gasteiger charge is 2.16. The van der Waals surface area contributed by atoms with Crippen LogP contribution >= 0.6 is 11.6 Å². The van der Waals surface area contributed by atoms with Gasteiger partial charge in [-0.15, -0.1) is 11.6 Å². The van der Waals surface area contributed by atoms with Crippen molar-refractivity contribution in [2.75, 3.05) is 7.11 Å². The lowest BCUT2D eigenvalue weighted by atomic mass is 10.2. The highest BCUT2D eigenvalue weighted by atomic mass is 35.5. The first kappa shape index (κ1) is 12.9. The Kier molecular flexibility index (Phi) is 3.32. The number of ether oxygens (including phenoxy) is 1. The smallest absolute Gasteiger partial charge is 0.132 e. The van der Waals surface area contributed by atoms with Crippen LogP contribution in [0.1, 0.15) is 18.1 Å². The summed E-state index contributed by atoms with van der Waals surface area (Å²) in [6, 6.07) is 9.76. The zero-order chi connectivity index (χ0) is 14.1. The van der Waals surface area contributed by atoms with Crippen molar-refractivity contribution in [1.29, 1.82) is 0 Å². The number of fused-ring (bicyclic) bond motifs is 1. The fraction of sp³-hybridized carbons (Fsp3) is 0.200. The highest BCUT2D eigenvalue weighted by molar-refractivity contribution is 6.20. The summed E-state index contributed by atoms with van der Waals surface area (Å²) in [6.07, 6.45) is 3.50. The third-order valence-electron chi connectivity index (χ3n) is 3.17. The van der Waals surface area contributed by atoms with Gasteiger partial charge in [-0.1, -0.05) is 0 Å². The highest BCUT2D eigenvalue weighted by Crippen LogP contribution is 2.28. The molecule has 20 heavy (non-hydrogen) atoms. The average molecular weight is 288 g/mol. The molecule has 1 unspecified atom stereocenters. The zero-order valence-electron chi connectivity index (χ0n) is 11.2.